The van der Waals surface area contributed by atoms with Crippen LogP contribution >= 0.6 is 0 Å². The minimum atomic E-state index is -0.551. The molecule has 1 fully saturated rings. The Bertz CT molecular complexity index is 461. The molecule has 110 valence electrons. The molecule has 1 saturated heterocycles. The van der Waals surface area contributed by atoms with Gasteiger partial charge in [-0.25, -0.2) is 0 Å². The third kappa shape index (κ3) is 3.36. The second kappa shape index (κ2) is 5.91. The van der Waals surface area contributed by atoms with Crippen molar-refractivity contribution >= 4 is 5.91 Å². The molecule has 1 aromatic rings. The number of piperazine rings is 1. The van der Waals surface area contributed by atoms with E-state index in [2.05, 4.69) is 0 Å². The maximum Gasteiger partial charge on any atom is 0.240 e. The highest BCUT2D eigenvalue weighted by Gasteiger charge is 2.38. The molecule has 0 spiro atoms. The molecule has 0 bridgehead atoms. The van der Waals surface area contributed by atoms with Crippen molar-refractivity contribution in [1.29, 1.82) is 0 Å². The molecule has 0 aromatic heterocycles. The fourth-order valence-electron chi connectivity index (χ4n) is 2.77. The van der Waals surface area contributed by atoms with Crippen molar-refractivity contribution in [1.82, 2.24) is 4.90 Å². The maximum atomic E-state index is 12.5. The Hall–Kier alpha value is -1.43. The number of amides is 1. The van der Waals surface area contributed by atoms with Crippen LogP contribution in [-0.4, -0.2) is 42.0 Å². The first kappa shape index (κ1) is 15.0. The average Bonchev–Trinajstić information content (AvgIpc) is 2.38. The second-order valence-electron chi connectivity index (χ2n) is 6.06. The molecule has 2 rings (SSSR count). The Morgan fingerprint density at radius 3 is 2.70 bits per heavy atom. The Kier molecular flexibility index (Phi) is 4.42. The van der Waals surface area contributed by atoms with Crippen molar-refractivity contribution in [2.75, 3.05) is 19.6 Å². The van der Waals surface area contributed by atoms with Crippen LogP contribution in [0.4, 0.5) is 0 Å². The lowest BCUT2D eigenvalue weighted by molar-refractivity contribution is -0.859. The van der Waals surface area contributed by atoms with Crippen LogP contribution < -0.4 is 10.8 Å². The lowest BCUT2D eigenvalue weighted by Crippen LogP contribution is -3.12. The molecule has 2 unspecified atom stereocenters. The van der Waals surface area contributed by atoms with Crippen LogP contribution in [0.1, 0.15) is 19.4 Å². The SMILES string of the molecule is CC1(C)C[NH+]([O-])CCN1C(=O)C(N)Cc1ccccc1. The van der Waals surface area contributed by atoms with Crippen LogP contribution in [0, 0.1) is 5.21 Å². The molecular weight excluding hydrogens is 254 g/mol. The summed E-state index contributed by atoms with van der Waals surface area (Å²) in [7, 11) is 0. The molecule has 1 heterocycles. The summed E-state index contributed by atoms with van der Waals surface area (Å²) in [6.45, 7) is 5.19. The summed E-state index contributed by atoms with van der Waals surface area (Å²) in [6.07, 6.45) is 0.528. The van der Waals surface area contributed by atoms with Gasteiger partial charge in [0, 0.05) is 0 Å². The van der Waals surface area contributed by atoms with Gasteiger partial charge in [-0.3, -0.25) is 4.79 Å². The summed E-state index contributed by atoms with van der Waals surface area (Å²) in [4.78, 5) is 14.3. The fraction of sp³-hybridized carbons (Fsp3) is 0.533. The first-order valence-corrected chi connectivity index (χ1v) is 7.03. The van der Waals surface area contributed by atoms with Crippen molar-refractivity contribution in [2.45, 2.75) is 31.8 Å². The number of hydrogen-bond donors (Lipinski definition) is 2. The number of quaternary nitrogens is 1. The molecule has 1 amide bonds. The molecule has 5 heteroatoms. The van der Waals surface area contributed by atoms with Gasteiger partial charge in [0.25, 0.3) is 0 Å². The smallest absolute Gasteiger partial charge is 0.240 e. The average molecular weight is 277 g/mol. The van der Waals surface area contributed by atoms with E-state index in [1.54, 1.807) is 4.90 Å². The van der Waals surface area contributed by atoms with E-state index >= 15 is 0 Å². The van der Waals surface area contributed by atoms with Crippen molar-refractivity contribution in [3.63, 3.8) is 0 Å². The maximum absolute atomic E-state index is 12.5. The van der Waals surface area contributed by atoms with Gasteiger partial charge in [-0.15, -0.1) is 0 Å². The zero-order valence-corrected chi connectivity index (χ0v) is 12.1. The third-order valence-electron chi connectivity index (χ3n) is 3.86. The highest BCUT2D eigenvalue weighted by atomic mass is 16.5. The van der Waals surface area contributed by atoms with Crippen molar-refractivity contribution in [3.8, 4) is 0 Å². The van der Waals surface area contributed by atoms with E-state index in [4.69, 9.17) is 5.73 Å². The molecule has 1 aliphatic heterocycles. The Labute approximate surface area is 119 Å². The summed E-state index contributed by atoms with van der Waals surface area (Å²) in [6, 6.07) is 9.21. The van der Waals surface area contributed by atoms with Crippen LogP contribution in [0.15, 0.2) is 30.3 Å². The third-order valence-corrected chi connectivity index (χ3v) is 3.86. The van der Waals surface area contributed by atoms with Gasteiger partial charge in [0.05, 0.1) is 31.2 Å². The van der Waals surface area contributed by atoms with Crippen molar-refractivity contribution in [3.05, 3.63) is 41.1 Å². The molecule has 1 aliphatic rings. The summed E-state index contributed by atoms with van der Waals surface area (Å²) in [5.41, 5.74) is 6.68. The van der Waals surface area contributed by atoms with E-state index < -0.39 is 11.6 Å². The van der Waals surface area contributed by atoms with Gasteiger partial charge >= 0.3 is 0 Å². The number of nitrogens with one attached hydrogen (secondary N) is 1. The van der Waals surface area contributed by atoms with E-state index in [1.807, 2.05) is 44.2 Å². The quantitative estimate of drug-likeness (QED) is 0.736. The highest BCUT2D eigenvalue weighted by Crippen LogP contribution is 2.16. The van der Waals surface area contributed by atoms with Crippen LogP contribution in [0.2, 0.25) is 0 Å². The molecule has 0 radical (unpaired) electrons. The number of benzene rings is 1. The predicted octanol–water partition coefficient (Wildman–Crippen LogP) is -0.440. The number of nitrogens with zero attached hydrogens (tertiary/aromatic N) is 1. The fourth-order valence-corrected chi connectivity index (χ4v) is 2.77. The summed E-state index contributed by atoms with van der Waals surface area (Å²) < 4.78 is 0. The molecule has 20 heavy (non-hydrogen) atoms. The molecule has 1 aromatic carbocycles. The number of carbonyl (C=O) groups is 1. The van der Waals surface area contributed by atoms with Crippen molar-refractivity contribution < 1.29 is 9.86 Å². The van der Waals surface area contributed by atoms with E-state index in [0.717, 1.165) is 5.56 Å². The minimum absolute atomic E-state index is 0.0636. The molecule has 2 atom stereocenters. The van der Waals surface area contributed by atoms with Gasteiger partial charge < -0.3 is 20.9 Å². The summed E-state index contributed by atoms with van der Waals surface area (Å²) >= 11 is 0. The monoisotopic (exact) mass is 277 g/mol. The normalized spacial score (nSPS) is 23.4. The molecule has 0 aliphatic carbocycles. The lowest BCUT2D eigenvalue weighted by atomic mass is 9.97. The standard InChI is InChI=1S/C15H23N3O2/c1-15(2)11-17(20)8-9-18(15)14(19)13(16)10-12-6-4-3-5-7-12/h3-7,13,17H,8-11,16H2,1-2H3. The van der Waals surface area contributed by atoms with Crippen LogP contribution in [0.3, 0.4) is 0 Å². The molecule has 3 N–H and O–H groups in total. The number of rotatable bonds is 3. The molecule has 0 saturated carbocycles. The number of hydrogen-bond acceptors (Lipinski definition) is 3. The van der Waals surface area contributed by atoms with Gasteiger partial charge in [-0.2, -0.15) is 0 Å². The first-order chi connectivity index (χ1) is 9.40. The van der Waals surface area contributed by atoms with E-state index in [9.17, 15) is 10.0 Å². The molecule has 5 nitrogen and oxygen atoms in total. The summed E-state index contributed by atoms with van der Waals surface area (Å²) in [5, 5.41) is 11.8. The predicted molar refractivity (Wildman–Crippen MR) is 78.0 cm³/mol. The first-order valence-electron chi connectivity index (χ1n) is 7.03. The largest absolute Gasteiger partial charge is 0.634 e. The van der Waals surface area contributed by atoms with E-state index in [0.29, 0.717) is 26.1 Å². The second-order valence-corrected chi connectivity index (χ2v) is 6.06. The zero-order valence-electron chi connectivity index (χ0n) is 12.1. The number of nitrogens with two attached hydrogens (primary N) is 1. The van der Waals surface area contributed by atoms with Crippen LogP contribution in [0.25, 0.3) is 0 Å². The van der Waals surface area contributed by atoms with Gasteiger partial charge in [-0.05, 0) is 25.8 Å². The Morgan fingerprint density at radius 1 is 1.45 bits per heavy atom. The lowest BCUT2D eigenvalue weighted by Gasteiger charge is -2.46. The van der Waals surface area contributed by atoms with Gasteiger partial charge in [0.15, 0.2) is 0 Å². The number of hydroxylamine groups is 2. The zero-order chi connectivity index (χ0) is 14.8. The van der Waals surface area contributed by atoms with Gasteiger partial charge in [0.2, 0.25) is 5.91 Å². The topological polar surface area (TPSA) is 73.8 Å². The summed E-state index contributed by atoms with van der Waals surface area (Å²) in [5.74, 6) is -0.0636. The van der Waals surface area contributed by atoms with E-state index in [1.165, 1.54) is 0 Å². The van der Waals surface area contributed by atoms with Crippen LogP contribution in [0.5, 0.6) is 0 Å². The molecular formula is C15H23N3O2. The Balaban J connectivity index is 2.03. The van der Waals surface area contributed by atoms with Gasteiger partial charge in [0.1, 0.15) is 0 Å². The Morgan fingerprint density at radius 2 is 2.10 bits per heavy atom. The highest BCUT2D eigenvalue weighted by molar-refractivity contribution is 5.82. The minimum Gasteiger partial charge on any atom is -0.634 e. The number of carbonyl (C=O) groups excluding carboxylic acids is 1. The van der Waals surface area contributed by atoms with Crippen LogP contribution in [-0.2, 0) is 11.2 Å². The van der Waals surface area contributed by atoms with Gasteiger partial charge in [-0.1, -0.05) is 30.3 Å². The van der Waals surface area contributed by atoms with E-state index in [-0.39, 0.29) is 11.0 Å². The van der Waals surface area contributed by atoms with Crippen molar-refractivity contribution in [2.24, 2.45) is 5.73 Å².